The molecule has 0 bridgehead atoms. The average molecular weight is 385 g/mol. The Hall–Kier alpha value is -2.71. The van der Waals surface area contributed by atoms with E-state index in [-0.39, 0.29) is 18.1 Å². The standard InChI is InChI=1S/C18H16F5N3O/c19-12-5-6-15(14(20)9-12)25-17(27)11-3-2-8-26(10-11)16-13(18(21,22)23)4-1-7-24-16/h1,4-7,9,11H,2-3,8,10H2,(H,25,27)/t11-/m0/s1. The highest BCUT2D eigenvalue weighted by Gasteiger charge is 2.37. The number of benzene rings is 1. The normalized spacial score (nSPS) is 17.7. The Morgan fingerprint density at radius 1 is 1.22 bits per heavy atom. The summed E-state index contributed by atoms with van der Waals surface area (Å²) >= 11 is 0. The zero-order valence-electron chi connectivity index (χ0n) is 14.1. The molecule has 0 aliphatic carbocycles. The number of halogens is 5. The molecule has 0 unspecified atom stereocenters. The van der Waals surface area contributed by atoms with Crippen molar-refractivity contribution in [2.45, 2.75) is 19.0 Å². The number of rotatable bonds is 3. The van der Waals surface area contributed by atoms with Gasteiger partial charge in [-0.15, -0.1) is 0 Å². The van der Waals surface area contributed by atoms with Gasteiger partial charge in [-0.3, -0.25) is 4.79 Å². The number of piperidine rings is 1. The van der Waals surface area contributed by atoms with Crippen molar-refractivity contribution in [2.75, 3.05) is 23.3 Å². The Morgan fingerprint density at radius 2 is 2.00 bits per heavy atom. The Morgan fingerprint density at radius 3 is 2.70 bits per heavy atom. The first kappa shape index (κ1) is 19.1. The first-order valence-corrected chi connectivity index (χ1v) is 8.29. The van der Waals surface area contributed by atoms with E-state index in [4.69, 9.17) is 0 Å². The summed E-state index contributed by atoms with van der Waals surface area (Å²) in [5.41, 5.74) is -1.04. The van der Waals surface area contributed by atoms with Gasteiger partial charge in [0.25, 0.3) is 0 Å². The van der Waals surface area contributed by atoms with Crippen molar-refractivity contribution in [3.05, 3.63) is 53.7 Å². The molecule has 2 aromatic rings. The van der Waals surface area contributed by atoms with Gasteiger partial charge in [-0.25, -0.2) is 13.8 Å². The molecule has 4 nitrogen and oxygen atoms in total. The second-order valence-electron chi connectivity index (χ2n) is 6.27. The number of anilines is 2. The maximum Gasteiger partial charge on any atom is 0.419 e. The van der Waals surface area contributed by atoms with E-state index in [0.29, 0.717) is 25.5 Å². The third kappa shape index (κ3) is 4.35. The number of alkyl halides is 3. The lowest BCUT2D eigenvalue weighted by Crippen LogP contribution is -2.42. The summed E-state index contributed by atoms with van der Waals surface area (Å²) in [5, 5.41) is 2.37. The molecule has 2 heterocycles. The van der Waals surface area contributed by atoms with E-state index in [1.165, 1.54) is 17.2 Å². The largest absolute Gasteiger partial charge is 0.419 e. The van der Waals surface area contributed by atoms with Gasteiger partial charge in [-0.05, 0) is 37.1 Å². The zero-order chi connectivity index (χ0) is 19.6. The van der Waals surface area contributed by atoms with Gasteiger partial charge in [-0.2, -0.15) is 13.2 Å². The summed E-state index contributed by atoms with van der Waals surface area (Å²) in [6, 6.07) is 4.91. The molecule has 1 fully saturated rings. The first-order valence-electron chi connectivity index (χ1n) is 8.29. The molecule has 9 heteroatoms. The Bertz CT molecular complexity index is 840. The van der Waals surface area contributed by atoms with Gasteiger partial charge >= 0.3 is 6.18 Å². The van der Waals surface area contributed by atoms with Crippen LogP contribution in [0.1, 0.15) is 18.4 Å². The van der Waals surface area contributed by atoms with Crippen LogP contribution in [0.25, 0.3) is 0 Å². The number of pyridine rings is 1. The highest BCUT2D eigenvalue weighted by Crippen LogP contribution is 2.36. The fourth-order valence-electron chi connectivity index (χ4n) is 3.08. The Labute approximate surface area is 152 Å². The van der Waals surface area contributed by atoms with Crippen molar-refractivity contribution < 1.29 is 26.7 Å². The maximum absolute atomic E-state index is 13.7. The molecule has 1 aliphatic rings. The monoisotopic (exact) mass is 385 g/mol. The van der Waals surface area contributed by atoms with Crippen LogP contribution in [0.5, 0.6) is 0 Å². The quantitative estimate of drug-likeness (QED) is 0.805. The van der Waals surface area contributed by atoms with Crippen LogP contribution in [0.3, 0.4) is 0 Å². The number of hydrogen-bond acceptors (Lipinski definition) is 3. The number of carbonyl (C=O) groups is 1. The van der Waals surface area contributed by atoms with E-state index < -0.39 is 35.2 Å². The fraction of sp³-hybridized carbons (Fsp3) is 0.333. The second kappa shape index (κ2) is 7.50. The summed E-state index contributed by atoms with van der Waals surface area (Å²) in [6.45, 7) is 0.351. The Kier molecular flexibility index (Phi) is 5.29. The highest BCUT2D eigenvalue weighted by atomic mass is 19.4. The van der Waals surface area contributed by atoms with Gasteiger partial charge in [0.15, 0.2) is 0 Å². The predicted molar refractivity (Wildman–Crippen MR) is 89.2 cm³/mol. The topological polar surface area (TPSA) is 45.2 Å². The van der Waals surface area contributed by atoms with Gasteiger partial charge in [0, 0.05) is 25.4 Å². The van der Waals surface area contributed by atoms with Crippen LogP contribution in [0.4, 0.5) is 33.5 Å². The van der Waals surface area contributed by atoms with E-state index in [1.54, 1.807) is 0 Å². The molecule has 1 saturated heterocycles. The van der Waals surface area contributed by atoms with E-state index >= 15 is 0 Å². The third-order valence-electron chi connectivity index (χ3n) is 4.37. The van der Waals surface area contributed by atoms with Crippen molar-refractivity contribution in [1.82, 2.24) is 4.98 Å². The minimum Gasteiger partial charge on any atom is -0.355 e. The van der Waals surface area contributed by atoms with Crippen LogP contribution in [0, 0.1) is 17.6 Å². The molecule has 1 N–H and O–H groups in total. The number of nitrogens with zero attached hydrogens (tertiary/aromatic N) is 2. The van der Waals surface area contributed by atoms with Crippen LogP contribution in [0.15, 0.2) is 36.5 Å². The average Bonchev–Trinajstić information content (AvgIpc) is 2.63. The number of hydrogen-bond donors (Lipinski definition) is 1. The third-order valence-corrected chi connectivity index (χ3v) is 4.37. The molecule has 3 rings (SSSR count). The molecule has 1 atom stereocenters. The fourth-order valence-corrected chi connectivity index (χ4v) is 3.08. The van der Waals surface area contributed by atoms with Crippen LogP contribution < -0.4 is 10.2 Å². The lowest BCUT2D eigenvalue weighted by Gasteiger charge is -2.34. The molecule has 144 valence electrons. The van der Waals surface area contributed by atoms with Gasteiger partial charge < -0.3 is 10.2 Å². The molecule has 0 radical (unpaired) electrons. The number of nitrogens with one attached hydrogen (secondary N) is 1. The minimum absolute atomic E-state index is 0.0226. The lowest BCUT2D eigenvalue weighted by atomic mass is 9.96. The summed E-state index contributed by atoms with van der Waals surface area (Å²) in [7, 11) is 0. The minimum atomic E-state index is -4.56. The van der Waals surface area contributed by atoms with Crippen LogP contribution in [-0.4, -0.2) is 24.0 Å². The smallest absolute Gasteiger partial charge is 0.355 e. The van der Waals surface area contributed by atoms with Crippen molar-refractivity contribution in [1.29, 1.82) is 0 Å². The summed E-state index contributed by atoms with van der Waals surface area (Å²) < 4.78 is 66.3. The lowest BCUT2D eigenvalue weighted by molar-refractivity contribution is -0.137. The predicted octanol–water partition coefficient (Wildman–Crippen LogP) is 4.23. The second-order valence-corrected chi connectivity index (χ2v) is 6.27. The highest BCUT2D eigenvalue weighted by molar-refractivity contribution is 5.93. The van der Waals surface area contributed by atoms with E-state index in [9.17, 15) is 26.7 Å². The van der Waals surface area contributed by atoms with E-state index in [0.717, 1.165) is 18.2 Å². The van der Waals surface area contributed by atoms with E-state index in [2.05, 4.69) is 10.3 Å². The SMILES string of the molecule is O=C(Nc1ccc(F)cc1F)[C@H]1CCCN(c2ncccc2C(F)(F)F)C1. The molecule has 1 aliphatic heterocycles. The summed E-state index contributed by atoms with van der Waals surface area (Å²) in [5.74, 6) is -3.10. The van der Waals surface area contributed by atoms with Gasteiger partial charge in [0.05, 0.1) is 17.2 Å². The van der Waals surface area contributed by atoms with Crippen molar-refractivity contribution in [3.8, 4) is 0 Å². The van der Waals surface area contributed by atoms with Gasteiger partial charge in [0.1, 0.15) is 17.5 Å². The zero-order valence-corrected chi connectivity index (χ0v) is 14.1. The van der Waals surface area contributed by atoms with Crippen LogP contribution >= 0.6 is 0 Å². The van der Waals surface area contributed by atoms with Gasteiger partial charge in [0.2, 0.25) is 5.91 Å². The molecule has 0 saturated carbocycles. The van der Waals surface area contributed by atoms with Crippen molar-refractivity contribution in [2.24, 2.45) is 5.92 Å². The van der Waals surface area contributed by atoms with Crippen LogP contribution in [0.2, 0.25) is 0 Å². The molecular weight excluding hydrogens is 369 g/mol. The molecule has 0 spiro atoms. The molecule has 1 amide bonds. The summed E-state index contributed by atoms with van der Waals surface area (Å²) in [4.78, 5) is 17.7. The summed E-state index contributed by atoms with van der Waals surface area (Å²) in [6.07, 6.45) is -2.37. The van der Waals surface area contributed by atoms with Crippen LogP contribution in [-0.2, 0) is 11.0 Å². The maximum atomic E-state index is 13.7. The molecule has 27 heavy (non-hydrogen) atoms. The van der Waals surface area contributed by atoms with E-state index in [1.807, 2.05) is 0 Å². The molecule has 1 aromatic heterocycles. The molecular formula is C18H16F5N3O. The number of aromatic nitrogens is 1. The number of carbonyl (C=O) groups excluding carboxylic acids is 1. The number of amides is 1. The van der Waals surface area contributed by atoms with Gasteiger partial charge in [-0.1, -0.05) is 0 Å². The first-order chi connectivity index (χ1) is 12.8. The van der Waals surface area contributed by atoms with Crippen molar-refractivity contribution >= 4 is 17.4 Å². The molecule has 1 aromatic carbocycles. The van der Waals surface area contributed by atoms with Crippen molar-refractivity contribution in [3.63, 3.8) is 0 Å². The Balaban J connectivity index is 1.76.